The van der Waals surface area contributed by atoms with Crippen molar-refractivity contribution in [2.24, 2.45) is 0 Å². The van der Waals surface area contributed by atoms with Gasteiger partial charge < -0.3 is 4.74 Å². The number of rotatable bonds is 7. The van der Waals surface area contributed by atoms with E-state index < -0.39 is 6.09 Å². The molecule has 5 nitrogen and oxygen atoms in total. The Labute approximate surface area is 178 Å². The topological polar surface area (TPSA) is 70.4 Å². The quantitative estimate of drug-likeness (QED) is 0.416. The maximum absolute atomic E-state index is 13.3. The predicted octanol–water partition coefficient (Wildman–Crippen LogP) is 5.40. The molecule has 2 aromatic rings. The zero-order chi connectivity index (χ0) is 20.8. The number of nitriles is 1. The molecule has 1 heterocycles. The number of halogens is 1. The van der Waals surface area contributed by atoms with Crippen molar-refractivity contribution in [3.8, 4) is 6.07 Å². The van der Waals surface area contributed by atoms with E-state index >= 15 is 0 Å². The summed E-state index contributed by atoms with van der Waals surface area (Å²) in [5, 5.41) is 9.11. The molecule has 0 bridgehead atoms. The minimum Gasteiger partial charge on any atom is -0.447 e. The standard InChI is InChI=1S/C23H21BrN2O3/c1-2-3-4-20(27)21(17-9-11-19(24)12-10-17)22(26-13-14-29-23(26)28)18-7-5-16(15-25)6-8-18/h5-12H,2-4,13-14H2,1H3/b22-21+. The number of allylic oxidation sites excluding steroid dienone is 1. The molecule has 1 amide bonds. The monoisotopic (exact) mass is 452 g/mol. The van der Waals surface area contributed by atoms with Gasteiger partial charge in [0, 0.05) is 16.5 Å². The number of nitrogens with zero attached hydrogens (tertiary/aromatic N) is 2. The summed E-state index contributed by atoms with van der Waals surface area (Å²) < 4.78 is 6.07. The third-order valence-electron chi connectivity index (χ3n) is 4.72. The van der Waals surface area contributed by atoms with Crippen LogP contribution in [0.1, 0.15) is 42.9 Å². The van der Waals surface area contributed by atoms with E-state index in [1.54, 1.807) is 24.3 Å². The average Bonchev–Trinajstić information content (AvgIpc) is 3.16. The molecule has 0 radical (unpaired) electrons. The van der Waals surface area contributed by atoms with Crippen LogP contribution in [0.5, 0.6) is 0 Å². The van der Waals surface area contributed by atoms with Crippen molar-refractivity contribution < 1.29 is 14.3 Å². The summed E-state index contributed by atoms with van der Waals surface area (Å²) in [7, 11) is 0. The highest BCUT2D eigenvalue weighted by Gasteiger charge is 2.31. The lowest BCUT2D eigenvalue weighted by atomic mass is 9.92. The highest BCUT2D eigenvalue weighted by atomic mass is 79.9. The highest BCUT2D eigenvalue weighted by molar-refractivity contribution is 9.10. The molecule has 29 heavy (non-hydrogen) atoms. The molecule has 0 unspecified atom stereocenters. The van der Waals surface area contributed by atoms with Gasteiger partial charge >= 0.3 is 6.09 Å². The number of ether oxygens (including phenoxy) is 1. The molecule has 1 aliphatic heterocycles. The first kappa shape index (κ1) is 20.8. The molecule has 148 valence electrons. The summed E-state index contributed by atoms with van der Waals surface area (Å²) in [6.45, 7) is 2.68. The minimum atomic E-state index is -0.470. The van der Waals surface area contributed by atoms with E-state index in [1.165, 1.54) is 4.90 Å². The molecule has 0 aliphatic carbocycles. The number of carbonyl (C=O) groups excluding carboxylic acids is 2. The molecule has 0 N–H and O–H groups in total. The molecular weight excluding hydrogens is 432 g/mol. The molecule has 1 aliphatic rings. The van der Waals surface area contributed by atoms with Crippen LogP contribution in [-0.4, -0.2) is 29.9 Å². The molecule has 0 saturated carbocycles. The summed E-state index contributed by atoms with van der Waals surface area (Å²) >= 11 is 3.43. The van der Waals surface area contributed by atoms with Gasteiger partial charge in [0.05, 0.1) is 23.9 Å². The predicted molar refractivity (Wildman–Crippen MR) is 115 cm³/mol. The number of benzene rings is 2. The fourth-order valence-electron chi connectivity index (χ4n) is 3.24. The Balaban J connectivity index is 2.24. The van der Waals surface area contributed by atoms with Crippen LogP contribution in [0, 0.1) is 11.3 Å². The molecule has 0 atom stereocenters. The number of amides is 1. The SMILES string of the molecule is CCCCC(=O)/C(=C(\c1ccc(C#N)cc1)N1CCOC1=O)c1ccc(Br)cc1. The summed E-state index contributed by atoms with van der Waals surface area (Å²) in [4.78, 5) is 27.2. The van der Waals surface area contributed by atoms with Crippen LogP contribution in [0.2, 0.25) is 0 Å². The maximum atomic E-state index is 13.3. The van der Waals surface area contributed by atoms with Crippen molar-refractivity contribution in [2.45, 2.75) is 26.2 Å². The second kappa shape index (κ2) is 9.53. The van der Waals surface area contributed by atoms with E-state index in [2.05, 4.69) is 22.0 Å². The highest BCUT2D eigenvalue weighted by Crippen LogP contribution is 2.34. The third kappa shape index (κ3) is 4.75. The fraction of sp³-hybridized carbons (Fsp3) is 0.261. The normalized spacial score (nSPS) is 14.2. The zero-order valence-electron chi connectivity index (χ0n) is 16.2. The smallest absolute Gasteiger partial charge is 0.414 e. The zero-order valence-corrected chi connectivity index (χ0v) is 17.7. The minimum absolute atomic E-state index is 0.0202. The van der Waals surface area contributed by atoms with Crippen LogP contribution >= 0.6 is 15.9 Å². The number of ketones is 1. The van der Waals surface area contributed by atoms with Gasteiger partial charge in [0.15, 0.2) is 5.78 Å². The molecule has 3 rings (SSSR count). The first-order valence-corrected chi connectivity index (χ1v) is 10.3. The summed E-state index contributed by atoms with van der Waals surface area (Å²) in [5.41, 5.74) is 2.98. The molecule has 0 aromatic heterocycles. The van der Waals surface area contributed by atoms with E-state index in [4.69, 9.17) is 10.00 Å². The first-order chi connectivity index (χ1) is 14.0. The number of cyclic esters (lactones) is 1. The Kier molecular flexibility index (Phi) is 6.84. The van der Waals surface area contributed by atoms with Crippen LogP contribution < -0.4 is 0 Å². The van der Waals surface area contributed by atoms with E-state index in [1.807, 2.05) is 31.2 Å². The van der Waals surface area contributed by atoms with Crippen LogP contribution in [0.3, 0.4) is 0 Å². The Morgan fingerprint density at radius 1 is 1.14 bits per heavy atom. The van der Waals surface area contributed by atoms with E-state index in [0.717, 1.165) is 22.9 Å². The van der Waals surface area contributed by atoms with Crippen LogP contribution in [0.25, 0.3) is 11.3 Å². The van der Waals surface area contributed by atoms with E-state index in [0.29, 0.717) is 35.4 Å². The second-order valence-electron chi connectivity index (χ2n) is 6.71. The van der Waals surface area contributed by atoms with Crippen molar-refractivity contribution >= 4 is 39.1 Å². The van der Waals surface area contributed by atoms with Gasteiger partial charge in [0.1, 0.15) is 6.61 Å². The molecule has 2 aromatic carbocycles. The fourth-order valence-corrected chi connectivity index (χ4v) is 3.51. The van der Waals surface area contributed by atoms with Gasteiger partial charge in [-0.3, -0.25) is 9.69 Å². The van der Waals surface area contributed by atoms with Crippen molar-refractivity contribution in [1.82, 2.24) is 4.90 Å². The van der Waals surface area contributed by atoms with Gasteiger partial charge in [0.25, 0.3) is 0 Å². The number of carbonyl (C=O) groups is 2. The van der Waals surface area contributed by atoms with Crippen molar-refractivity contribution in [2.75, 3.05) is 13.2 Å². The molecular formula is C23H21BrN2O3. The lowest BCUT2D eigenvalue weighted by Crippen LogP contribution is -2.25. The Morgan fingerprint density at radius 2 is 1.79 bits per heavy atom. The van der Waals surface area contributed by atoms with Crippen LogP contribution in [0.4, 0.5) is 4.79 Å². The van der Waals surface area contributed by atoms with Gasteiger partial charge in [-0.05, 0) is 41.8 Å². The van der Waals surface area contributed by atoms with E-state index in [9.17, 15) is 9.59 Å². The van der Waals surface area contributed by atoms with Crippen LogP contribution in [-0.2, 0) is 9.53 Å². The number of hydrogen-bond acceptors (Lipinski definition) is 4. The Bertz CT molecular complexity index is 973. The van der Waals surface area contributed by atoms with Crippen LogP contribution in [0.15, 0.2) is 53.0 Å². The van der Waals surface area contributed by atoms with Crippen molar-refractivity contribution in [3.63, 3.8) is 0 Å². The van der Waals surface area contributed by atoms with Gasteiger partial charge in [-0.1, -0.05) is 53.5 Å². The largest absolute Gasteiger partial charge is 0.447 e. The summed E-state index contributed by atoms with van der Waals surface area (Å²) in [6.07, 6.45) is 1.59. The molecule has 0 spiro atoms. The maximum Gasteiger partial charge on any atom is 0.414 e. The molecule has 6 heteroatoms. The summed E-state index contributed by atoms with van der Waals surface area (Å²) in [6, 6.07) is 16.5. The van der Waals surface area contributed by atoms with Crippen molar-refractivity contribution in [3.05, 3.63) is 69.7 Å². The number of hydrogen-bond donors (Lipinski definition) is 0. The number of unbranched alkanes of at least 4 members (excludes halogenated alkanes) is 1. The lowest BCUT2D eigenvalue weighted by Gasteiger charge is -2.22. The lowest BCUT2D eigenvalue weighted by molar-refractivity contribution is -0.113. The van der Waals surface area contributed by atoms with Gasteiger partial charge in [0.2, 0.25) is 0 Å². The van der Waals surface area contributed by atoms with Gasteiger partial charge in [-0.15, -0.1) is 0 Å². The third-order valence-corrected chi connectivity index (χ3v) is 5.25. The molecule has 1 fully saturated rings. The average molecular weight is 453 g/mol. The Hall–Kier alpha value is -2.91. The molecule has 1 saturated heterocycles. The number of Topliss-reactive ketones (excluding diaryl/α,β-unsaturated/α-hetero) is 1. The summed E-state index contributed by atoms with van der Waals surface area (Å²) in [5.74, 6) is -0.0202. The van der Waals surface area contributed by atoms with Gasteiger partial charge in [-0.2, -0.15) is 5.26 Å². The Morgan fingerprint density at radius 3 is 2.34 bits per heavy atom. The first-order valence-electron chi connectivity index (χ1n) is 9.53. The van der Waals surface area contributed by atoms with Gasteiger partial charge in [-0.25, -0.2) is 4.79 Å². The van der Waals surface area contributed by atoms with E-state index in [-0.39, 0.29) is 12.4 Å². The van der Waals surface area contributed by atoms with Crippen molar-refractivity contribution in [1.29, 1.82) is 5.26 Å². The second-order valence-corrected chi connectivity index (χ2v) is 7.63.